The Morgan fingerprint density at radius 3 is 2.41 bits per heavy atom. The Hall–Kier alpha value is -1.10. The summed E-state index contributed by atoms with van der Waals surface area (Å²) in [6.45, 7) is 3.93. The van der Waals surface area contributed by atoms with Crippen LogP contribution in [-0.2, 0) is 19.1 Å². The highest BCUT2D eigenvalue weighted by atomic mass is 16.5. The van der Waals surface area contributed by atoms with Gasteiger partial charge in [-0.25, -0.2) is 0 Å². The molecule has 1 saturated carbocycles. The molecule has 1 fully saturated rings. The third kappa shape index (κ3) is 3.43. The van der Waals surface area contributed by atoms with Crippen LogP contribution in [0.15, 0.2) is 0 Å². The van der Waals surface area contributed by atoms with Crippen LogP contribution in [0.25, 0.3) is 0 Å². The quantitative estimate of drug-likeness (QED) is 0.517. The van der Waals surface area contributed by atoms with Crippen LogP contribution in [0, 0.1) is 11.3 Å². The fourth-order valence-electron chi connectivity index (χ4n) is 1.56. The van der Waals surface area contributed by atoms with Crippen molar-refractivity contribution < 1.29 is 24.2 Å². The van der Waals surface area contributed by atoms with E-state index in [1.165, 1.54) is 0 Å². The van der Waals surface area contributed by atoms with Crippen molar-refractivity contribution in [2.24, 2.45) is 11.3 Å². The van der Waals surface area contributed by atoms with E-state index in [0.29, 0.717) is 12.5 Å². The van der Waals surface area contributed by atoms with Crippen molar-refractivity contribution in [2.45, 2.75) is 33.1 Å². The Morgan fingerprint density at radius 1 is 1.35 bits per heavy atom. The molecule has 0 aromatic carbocycles. The van der Waals surface area contributed by atoms with E-state index in [2.05, 4.69) is 0 Å². The minimum absolute atomic E-state index is 0.103. The maximum atomic E-state index is 11.7. The monoisotopic (exact) mass is 244 g/mol. The summed E-state index contributed by atoms with van der Waals surface area (Å²) in [5.41, 5.74) is -1.55. The zero-order valence-corrected chi connectivity index (χ0v) is 10.4. The molecule has 5 nitrogen and oxygen atoms in total. The highest BCUT2D eigenvalue weighted by Crippen LogP contribution is 2.31. The van der Waals surface area contributed by atoms with Crippen LogP contribution in [0.4, 0.5) is 0 Å². The molecular weight excluding hydrogens is 224 g/mol. The Morgan fingerprint density at radius 2 is 2.00 bits per heavy atom. The standard InChI is InChI=1S/C12H20O5/c1-3-12(10(13)14,11(15)17-4-2)8-16-7-9-5-6-9/h9H,3-8H2,1-2H3,(H,13,14). The van der Waals surface area contributed by atoms with Crippen molar-refractivity contribution in [2.75, 3.05) is 19.8 Å². The number of esters is 1. The molecule has 1 atom stereocenters. The van der Waals surface area contributed by atoms with Crippen LogP contribution in [0.3, 0.4) is 0 Å². The van der Waals surface area contributed by atoms with Crippen molar-refractivity contribution >= 4 is 11.9 Å². The van der Waals surface area contributed by atoms with E-state index in [9.17, 15) is 14.7 Å². The Bertz CT molecular complexity index is 285. The highest BCUT2D eigenvalue weighted by molar-refractivity contribution is 5.99. The highest BCUT2D eigenvalue weighted by Gasteiger charge is 2.46. The number of carboxylic acids is 1. The van der Waals surface area contributed by atoms with Crippen LogP contribution in [0.2, 0.25) is 0 Å². The zero-order valence-electron chi connectivity index (χ0n) is 10.4. The van der Waals surface area contributed by atoms with Gasteiger partial charge in [-0.3, -0.25) is 9.59 Å². The van der Waals surface area contributed by atoms with Gasteiger partial charge < -0.3 is 14.6 Å². The number of hydrogen-bond acceptors (Lipinski definition) is 4. The predicted octanol–water partition coefficient (Wildman–Crippen LogP) is 1.46. The lowest BCUT2D eigenvalue weighted by atomic mass is 9.86. The van der Waals surface area contributed by atoms with Gasteiger partial charge in [0.1, 0.15) is 0 Å². The van der Waals surface area contributed by atoms with E-state index in [0.717, 1.165) is 12.8 Å². The fraction of sp³-hybridized carbons (Fsp3) is 0.833. The number of carboxylic acid groups (broad SMARTS) is 1. The maximum Gasteiger partial charge on any atom is 0.325 e. The summed E-state index contributed by atoms with van der Waals surface area (Å²) in [5, 5.41) is 9.22. The molecule has 17 heavy (non-hydrogen) atoms. The first-order valence-corrected chi connectivity index (χ1v) is 6.05. The molecule has 5 heteroatoms. The summed E-state index contributed by atoms with van der Waals surface area (Å²) in [5.74, 6) is -1.33. The first kappa shape index (κ1) is 14.0. The van der Waals surface area contributed by atoms with Gasteiger partial charge in [0, 0.05) is 6.61 Å². The van der Waals surface area contributed by atoms with Gasteiger partial charge in [-0.15, -0.1) is 0 Å². The molecule has 0 heterocycles. The molecule has 1 rings (SSSR count). The fourth-order valence-corrected chi connectivity index (χ4v) is 1.56. The van der Waals surface area contributed by atoms with Crippen molar-refractivity contribution in [3.05, 3.63) is 0 Å². The summed E-state index contributed by atoms with van der Waals surface area (Å²) in [7, 11) is 0. The van der Waals surface area contributed by atoms with Gasteiger partial charge in [-0.2, -0.15) is 0 Å². The first-order chi connectivity index (χ1) is 8.06. The second-order valence-corrected chi connectivity index (χ2v) is 4.42. The molecule has 1 aliphatic rings. The molecule has 0 radical (unpaired) electrons. The van der Waals surface area contributed by atoms with E-state index in [1.54, 1.807) is 13.8 Å². The van der Waals surface area contributed by atoms with E-state index in [-0.39, 0.29) is 19.6 Å². The molecule has 0 spiro atoms. The minimum atomic E-state index is -1.55. The number of ether oxygens (including phenoxy) is 2. The molecule has 0 aromatic rings. The van der Waals surface area contributed by atoms with Gasteiger partial charge in [0.05, 0.1) is 13.2 Å². The lowest BCUT2D eigenvalue weighted by Gasteiger charge is -2.25. The van der Waals surface area contributed by atoms with Gasteiger partial charge in [-0.1, -0.05) is 6.92 Å². The Labute approximate surface area is 101 Å². The predicted molar refractivity (Wildman–Crippen MR) is 60.5 cm³/mol. The molecule has 0 bridgehead atoms. The largest absolute Gasteiger partial charge is 0.480 e. The molecule has 0 saturated heterocycles. The SMILES string of the molecule is CCOC(=O)C(CC)(COCC1CC1)C(=O)O. The minimum Gasteiger partial charge on any atom is -0.480 e. The summed E-state index contributed by atoms with van der Waals surface area (Å²) in [6.07, 6.45) is 2.43. The Kier molecular flexibility index (Phi) is 4.93. The lowest BCUT2D eigenvalue weighted by molar-refractivity contribution is -0.174. The van der Waals surface area contributed by atoms with Gasteiger partial charge in [0.25, 0.3) is 0 Å². The summed E-state index contributed by atoms with van der Waals surface area (Å²) in [4.78, 5) is 23.0. The Balaban J connectivity index is 2.60. The first-order valence-electron chi connectivity index (χ1n) is 6.05. The van der Waals surface area contributed by atoms with Crippen LogP contribution in [0.5, 0.6) is 0 Å². The van der Waals surface area contributed by atoms with Crippen molar-refractivity contribution in [1.82, 2.24) is 0 Å². The number of carbonyl (C=O) groups is 2. The number of rotatable bonds is 8. The van der Waals surface area contributed by atoms with E-state index < -0.39 is 17.4 Å². The molecule has 1 unspecified atom stereocenters. The molecular formula is C12H20O5. The lowest BCUT2D eigenvalue weighted by Crippen LogP contribution is -2.44. The van der Waals surface area contributed by atoms with Crippen LogP contribution < -0.4 is 0 Å². The van der Waals surface area contributed by atoms with Crippen LogP contribution >= 0.6 is 0 Å². The van der Waals surface area contributed by atoms with Gasteiger partial charge in [-0.05, 0) is 32.1 Å². The molecule has 98 valence electrons. The normalized spacial score (nSPS) is 18.5. The molecule has 1 aliphatic carbocycles. The van der Waals surface area contributed by atoms with Crippen LogP contribution in [0.1, 0.15) is 33.1 Å². The number of hydrogen-bond donors (Lipinski definition) is 1. The second-order valence-electron chi connectivity index (χ2n) is 4.42. The third-order valence-corrected chi connectivity index (χ3v) is 3.08. The maximum absolute atomic E-state index is 11.7. The van der Waals surface area contributed by atoms with Crippen molar-refractivity contribution in [3.8, 4) is 0 Å². The average Bonchev–Trinajstić information content (AvgIpc) is 3.08. The topological polar surface area (TPSA) is 72.8 Å². The van der Waals surface area contributed by atoms with Crippen molar-refractivity contribution in [1.29, 1.82) is 0 Å². The average molecular weight is 244 g/mol. The van der Waals surface area contributed by atoms with E-state index >= 15 is 0 Å². The third-order valence-electron chi connectivity index (χ3n) is 3.08. The molecule has 1 N–H and O–H groups in total. The van der Waals surface area contributed by atoms with Crippen molar-refractivity contribution in [3.63, 3.8) is 0 Å². The summed E-state index contributed by atoms with van der Waals surface area (Å²) < 4.78 is 10.2. The van der Waals surface area contributed by atoms with Gasteiger partial charge in [0.2, 0.25) is 0 Å². The number of carbonyl (C=O) groups excluding carboxylic acids is 1. The van der Waals surface area contributed by atoms with Crippen LogP contribution in [-0.4, -0.2) is 36.9 Å². The molecule has 0 aliphatic heterocycles. The summed E-state index contributed by atoms with van der Waals surface area (Å²) >= 11 is 0. The zero-order chi connectivity index (χ0) is 12.9. The van der Waals surface area contributed by atoms with E-state index in [4.69, 9.17) is 9.47 Å². The molecule has 0 aromatic heterocycles. The second kappa shape index (κ2) is 6.00. The van der Waals surface area contributed by atoms with Gasteiger partial charge >= 0.3 is 11.9 Å². The number of aliphatic carboxylic acids is 1. The smallest absolute Gasteiger partial charge is 0.325 e. The molecule has 0 amide bonds. The van der Waals surface area contributed by atoms with E-state index in [1.807, 2.05) is 0 Å². The van der Waals surface area contributed by atoms with Gasteiger partial charge in [0.15, 0.2) is 5.41 Å². The summed E-state index contributed by atoms with van der Waals surface area (Å²) in [6, 6.07) is 0.